The minimum Gasteiger partial charge on any atom is -0.302 e. The number of rotatable bonds is 12. The molecule has 0 fully saturated rings. The molecule has 0 saturated heterocycles. The molecule has 10 aromatic heterocycles. The maximum absolute atomic E-state index is 16.4. The van der Waals surface area contributed by atoms with Gasteiger partial charge in [-0.3, -0.25) is 13.6 Å². The molecule has 0 bridgehead atoms. The van der Waals surface area contributed by atoms with Gasteiger partial charge >= 0.3 is 0 Å². The van der Waals surface area contributed by atoms with Crippen LogP contribution < -0.4 is 4.57 Å². The van der Waals surface area contributed by atoms with Crippen molar-refractivity contribution in [2.24, 2.45) is 0 Å². The molecule has 0 spiro atoms. The van der Waals surface area contributed by atoms with Crippen LogP contribution in [0.2, 0.25) is 0 Å². The van der Waals surface area contributed by atoms with Crippen LogP contribution in [-0.4, -0.2) is 27.8 Å². The van der Waals surface area contributed by atoms with Gasteiger partial charge in [-0.2, -0.15) is 4.57 Å². The Balaban J connectivity index is 1.56. The van der Waals surface area contributed by atoms with E-state index < -0.39 is 0 Å². The lowest BCUT2D eigenvalue weighted by molar-refractivity contribution is -0.670. The van der Waals surface area contributed by atoms with Crippen molar-refractivity contribution in [2.45, 2.75) is 166 Å². The van der Waals surface area contributed by atoms with E-state index in [4.69, 9.17) is 0 Å². The number of aromatic nitrogens is 6. The zero-order valence-corrected chi connectivity index (χ0v) is 39.2. The van der Waals surface area contributed by atoms with Crippen LogP contribution >= 0.6 is 0 Å². The molecule has 2 aliphatic heterocycles. The molecule has 1 unspecified atom stereocenters. The Morgan fingerprint density at radius 3 is 1.00 bits per heavy atom. The van der Waals surface area contributed by atoms with Crippen molar-refractivity contribution in [2.75, 3.05) is 0 Å². The maximum atomic E-state index is 16.4. The highest BCUT2D eigenvalue weighted by Crippen LogP contribution is 2.55. The normalized spacial score (nSPS) is 16.0. The highest BCUT2D eigenvalue weighted by atomic mass is 16.1. The molecular formula is C55H61N6O+. The van der Waals surface area contributed by atoms with Crippen molar-refractivity contribution in [3.05, 3.63) is 72.6 Å². The Labute approximate surface area is 362 Å². The van der Waals surface area contributed by atoms with E-state index in [0.717, 1.165) is 82.7 Å². The van der Waals surface area contributed by atoms with Crippen molar-refractivity contribution in [1.29, 1.82) is 0 Å². The van der Waals surface area contributed by atoms with Crippen molar-refractivity contribution in [3.8, 4) is 0 Å². The summed E-state index contributed by atoms with van der Waals surface area (Å²) >= 11 is 0. The van der Waals surface area contributed by atoms with Gasteiger partial charge in [0.2, 0.25) is 11.7 Å². The number of hydrogen-bond acceptors (Lipinski definition) is 1. The van der Waals surface area contributed by atoms with Crippen LogP contribution in [0.4, 0.5) is 0 Å². The van der Waals surface area contributed by atoms with E-state index in [1.807, 2.05) is 0 Å². The summed E-state index contributed by atoms with van der Waals surface area (Å²) in [5, 5.41) is 0. The van der Waals surface area contributed by atoms with E-state index in [9.17, 15) is 0 Å². The molecule has 1 aromatic carbocycles. The zero-order chi connectivity index (χ0) is 42.8. The summed E-state index contributed by atoms with van der Waals surface area (Å²) in [5.74, 6) is 0.288. The number of carbonyl (C=O) groups is 1. The summed E-state index contributed by atoms with van der Waals surface area (Å²) in [7, 11) is 0. The maximum Gasteiger partial charge on any atom is 0.259 e. The van der Waals surface area contributed by atoms with Crippen molar-refractivity contribution in [1.82, 2.24) is 22.0 Å². The molecule has 12 heterocycles. The third kappa shape index (κ3) is 3.42. The van der Waals surface area contributed by atoms with Crippen molar-refractivity contribution in [3.63, 3.8) is 0 Å². The van der Waals surface area contributed by atoms with E-state index in [1.54, 1.807) is 0 Å². The van der Waals surface area contributed by atoms with E-state index in [-0.39, 0.29) is 11.8 Å². The minimum atomic E-state index is -0.369. The van der Waals surface area contributed by atoms with Crippen LogP contribution in [0.25, 0.3) is 88.3 Å². The smallest absolute Gasteiger partial charge is 0.259 e. The number of ketones is 1. The third-order valence-electron chi connectivity index (χ3n) is 17.0. The lowest BCUT2D eigenvalue weighted by Crippen LogP contribution is -2.45. The average Bonchev–Trinajstić information content (AvgIpc) is 4.11. The molecule has 7 nitrogen and oxygen atoms in total. The van der Waals surface area contributed by atoms with Crippen LogP contribution in [0.1, 0.15) is 174 Å². The second-order valence-corrected chi connectivity index (χ2v) is 18.8. The summed E-state index contributed by atoms with van der Waals surface area (Å²) in [5.41, 5.74) is 39.8. The van der Waals surface area contributed by atoms with E-state index in [0.29, 0.717) is 0 Å². The SMILES string of the molecule is CCC1=C(CC)C2C(=O)c3c(CC)c(CC)c4c5c(CC)c(CC)c6c7c(CC)c(CC)c8c9c(CC)c(CC)c%10c%11c(CC)c(CC)c%12c1[n+]2c1c(c(c(c(c1n%12%11)n%109)n78)n56)n34. The molecule has 7 heteroatoms. The number of hydrogen-bond donors (Lipinski definition) is 0. The van der Waals surface area contributed by atoms with Gasteiger partial charge in [0.25, 0.3) is 11.3 Å². The molecule has 0 saturated carbocycles. The van der Waals surface area contributed by atoms with Gasteiger partial charge in [-0.25, -0.2) is 0 Å². The topological polar surface area (TPSA) is 43.0 Å². The minimum absolute atomic E-state index is 0.288. The largest absolute Gasteiger partial charge is 0.302 e. The molecule has 2 aliphatic rings. The number of fused-ring (bicyclic) bond motifs is 5. The summed E-state index contributed by atoms with van der Waals surface area (Å²) in [6.07, 6.45) is 11.3. The fourth-order valence-electron chi connectivity index (χ4n) is 15.2. The molecule has 1 atom stereocenters. The van der Waals surface area contributed by atoms with Crippen LogP contribution in [0, 0.1) is 0 Å². The van der Waals surface area contributed by atoms with Gasteiger partial charge < -0.3 is 13.2 Å². The second kappa shape index (κ2) is 12.0. The highest BCUT2D eigenvalue weighted by molar-refractivity contribution is 6.28. The number of nitrogens with zero attached hydrogens (tertiary/aromatic N) is 6. The van der Waals surface area contributed by atoms with Gasteiger partial charge in [0.15, 0.2) is 0 Å². The summed E-state index contributed by atoms with van der Waals surface area (Å²) < 4.78 is 16.5. The Kier molecular flexibility index (Phi) is 7.23. The zero-order valence-electron chi connectivity index (χ0n) is 39.2. The molecule has 13 rings (SSSR count). The Bertz CT molecular complexity index is 3820. The fourth-order valence-corrected chi connectivity index (χ4v) is 15.2. The highest BCUT2D eigenvalue weighted by Gasteiger charge is 2.52. The van der Waals surface area contributed by atoms with Gasteiger partial charge in [0, 0.05) is 11.1 Å². The van der Waals surface area contributed by atoms with Gasteiger partial charge in [-0.05, 0) is 133 Å². The van der Waals surface area contributed by atoms with Gasteiger partial charge in [-0.1, -0.05) is 83.1 Å². The number of carbonyl (C=O) groups excluding carboxylic acids is 1. The fraction of sp³-hybridized carbons (Fsp3) is 0.455. The lowest BCUT2D eigenvalue weighted by atomic mass is 9.92. The first-order valence-electron chi connectivity index (χ1n) is 24.8. The molecule has 316 valence electrons. The Hall–Kier alpha value is -5.30. The molecule has 62 heavy (non-hydrogen) atoms. The first-order valence-corrected chi connectivity index (χ1v) is 24.8. The predicted octanol–water partition coefficient (Wildman–Crippen LogP) is 12.7. The molecule has 11 aromatic rings. The first-order chi connectivity index (χ1) is 30.3. The van der Waals surface area contributed by atoms with Crippen LogP contribution in [0.5, 0.6) is 0 Å². The molecule has 0 aliphatic carbocycles. The van der Waals surface area contributed by atoms with Crippen LogP contribution in [-0.2, 0) is 64.2 Å². The van der Waals surface area contributed by atoms with Gasteiger partial charge in [-0.15, -0.1) is 0 Å². The molecule has 0 N–H and O–H groups in total. The quantitative estimate of drug-likeness (QED) is 0.0688. The van der Waals surface area contributed by atoms with Crippen molar-refractivity contribution < 1.29 is 9.36 Å². The third-order valence-corrected chi connectivity index (χ3v) is 17.0. The van der Waals surface area contributed by atoms with E-state index in [2.05, 4.69) is 110 Å². The molecule has 0 radical (unpaired) electrons. The van der Waals surface area contributed by atoms with E-state index in [1.165, 1.54) is 155 Å². The van der Waals surface area contributed by atoms with Crippen LogP contribution in [0.3, 0.4) is 0 Å². The summed E-state index contributed by atoms with van der Waals surface area (Å²) in [6.45, 7) is 28.4. The monoisotopic (exact) mass is 821 g/mol. The molecular weight excluding hydrogens is 761 g/mol. The van der Waals surface area contributed by atoms with Crippen molar-refractivity contribution >= 4 is 94.1 Å². The van der Waals surface area contributed by atoms with Gasteiger partial charge in [0.1, 0.15) is 33.3 Å². The lowest BCUT2D eigenvalue weighted by Gasteiger charge is -2.24. The Morgan fingerprint density at radius 2 is 0.645 bits per heavy atom. The number of Topliss-reactive ketones (excluding diaryl/α,β-unsaturated/α-hetero) is 1. The van der Waals surface area contributed by atoms with Gasteiger partial charge in [0.05, 0.1) is 49.7 Å². The number of aryl methyl sites for hydroxylation is 9. The molecule has 0 amide bonds. The first kappa shape index (κ1) is 37.3. The second-order valence-electron chi connectivity index (χ2n) is 18.8. The average molecular weight is 822 g/mol. The predicted molar refractivity (Wildman–Crippen MR) is 258 cm³/mol. The summed E-state index contributed by atoms with van der Waals surface area (Å²) in [4.78, 5) is 16.4. The van der Waals surface area contributed by atoms with Crippen LogP contribution in [0.15, 0.2) is 5.57 Å². The number of benzene rings is 1. The standard InChI is InChI=1S/C55H61N6O/c1-13-25-27(15-3)39-41-29(17-5)31(19-7)43-45-33(21-9)35(23-11)47-55(62)48-36(24-12)34(22-10)46-44-32(20-8)30(18-6)42-40-28(16-4)26(14-2)38-37(25)56(39)49-50(57(38)40)52(59(42)44)54(61(46)48)53(60(45)47)51(49)58(41)43/h47H,13-24H2,1-12H3/q+1. The summed E-state index contributed by atoms with van der Waals surface area (Å²) in [6, 6.07) is -0.369. The number of allylic oxidation sites excluding steroid dienone is 2. The Morgan fingerprint density at radius 1 is 0.339 bits per heavy atom. The van der Waals surface area contributed by atoms with E-state index >= 15 is 4.79 Å².